The van der Waals surface area contributed by atoms with E-state index in [9.17, 15) is 15.0 Å². The lowest BCUT2D eigenvalue weighted by Gasteiger charge is -2.12. The van der Waals surface area contributed by atoms with Crippen LogP contribution in [-0.2, 0) is 11.2 Å². The number of rotatable bonds is 4. The van der Waals surface area contributed by atoms with Crippen LogP contribution in [0.4, 0.5) is 5.69 Å². The van der Waals surface area contributed by atoms with Crippen molar-refractivity contribution in [2.45, 2.75) is 18.8 Å². The molecule has 1 saturated heterocycles. The highest BCUT2D eigenvalue weighted by Gasteiger charge is 2.27. The van der Waals surface area contributed by atoms with Crippen LogP contribution in [0.5, 0.6) is 11.5 Å². The van der Waals surface area contributed by atoms with Crippen molar-refractivity contribution in [1.82, 2.24) is 5.32 Å². The zero-order valence-corrected chi connectivity index (χ0v) is 15.8. The van der Waals surface area contributed by atoms with Gasteiger partial charge in [0, 0.05) is 17.3 Å². The second kappa shape index (κ2) is 7.41. The van der Waals surface area contributed by atoms with E-state index in [0.717, 1.165) is 12.1 Å². The Morgan fingerprint density at radius 2 is 1.96 bits per heavy atom. The summed E-state index contributed by atoms with van der Waals surface area (Å²) >= 11 is 4.54. The summed E-state index contributed by atoms with van der Waals surface area (Å²) in [6.45, 7) is 2.10. The molecule has 1 aliphatic heterocycles. The van der Waals surface area contributed by atoms with Crippen LogP contribution in [0.25, 0.3) is 6.08 Å². The molecule has 0 aromatic heterocycles. The number of thioether (sulfide) groups is 1. The van der Waals surface area contributed by atoms with Crippen molar-refractivity contribution in [3.8, 4) is 11.5 Å². The van der Waals surface area contributed by atoms with E-state index in [2.05, 4.69) is 33.5 Å². The standard InChI is InChI=1S/C18H17BrN2O3S/c1-2-10-3-5-12(6-4-10)20-18-21-17(24)16(25-18)8-11-7-13(19)15(23)9-14(11)22/h3-9,18,20,22-23H,2H2,1H3,(H,21,24)/b16-8-/t18-/m1/s1. The van der Waals surface area contributed by atoms with E-state index in [1.54, 1.807) is 12.1 Å². The molecule has 1 fully saturated rings. The van der Waals surface area contributed by atoms with Gasteiger partial charge in [-0.1, -0.05) is 30.8 Å². The molecule has 0 bridgehead atoms. The average molecular weight is 421 g/mol. The fourth-order valence-corrected chi connectivity index (χ4v) is 3.71. The molecule has 3 rings (SSSR count). The Kier molecular flexibility index (Phi) is 5.24. The molecule has 1 aliphatic rings. The summed E-state index contributed by atoms with van der Waals surface area (Å²) in [6.07, 6.45) is 2.58. The lowest BCUT2D eigenvalue weighted by molar-refractivity contribution is -0.116. The van der Waals surface area contributed by atoms with Crippen molar-refractivity contribution in [3.63, 3.8) is 0 Å². The first-order valence-corrected chi connectivity index (χ1v) is 9.39. The number of carbonyl (C=O) groups is 1. The molecule has 1 amide bonds. The molecule has 0 saturated carbocycles. The maximum absolute atomic E-state index is 12.2. The van der Waals surface area contributed by atoms with Gasteiger partial charge in [-0.15, -0.1) is 0 Å². The van der Waals surface area contributed by atoms with Gasteiger partial charge in [0.15, 0.2) is 5.50 Å². The van der Waals surface area contributed by atoms with Crippen molar-refractivity contribution in [1.29, 1.82) is 0 Å². The van der Waals surface area contributed by atoms with Crippen LogP contribution in [-0.4, -0.2) is 21.6 Å². The smallest absolute Gasteiger partial charge is 0.260 e. The molecule has 1 heterocycles. The van der Waals surface area contributed by atoms with Crippen LogP contribution in [0.2, 0.25) is 0 Å². The summed E-state index contributed by atoms with van der Waals surface area (Å²) in [6, 6.07) is 10.9. The maximum atomic E-state index is 12.2. The average Bonchev–Trinajstić information content (AvgIpc) is 2.92. The summed E-state index contributed by atoms with van der Waals surface area (Å²) in [5.41, 5.74) is 2.35. The van der Waals surface area contributed by atoms with E-state index in [-0.39, 0.29) is 22.9 Å². The number of phenolic OH excluding ortho intramolecular Hbond substituents is 2. The zero-order chi connectivity index (χ0) is 18.0. The van der Waals surface area contributed by atoms with E-state index in [1.807, 2.05) is 24.3 Å². The van der Waals surface area contributed by atoms with Crippen molar-refractivity contribution in [2.75, 3.05) is 5.32 Å². The fraction of sp³-hybridized carbons (Fsp3) is 0.167. The number of hydrogen-bond donors (Lipinski definition) is 4. The van der Waals surface area contributed by atoms with Crippen LogP contribution in [0, 0.1) is 0 Å². The Labute approximate surface area is 158 Å². The molecule has 25 heavy (non-hydrogen) atoms. The number of phenols is 2. The molecule has 2 aromatic carbocycles. The number of halogens is 1. The number of aromatic hydroxyl groups is 2. The number of benzene rings is 2. The predicted molar refractivity (Wildman–Crippen MR) is 104 cm³/mol. The number of amides is 1. The monoisotopic (exact) mass is 420 g/mol. The van der Waals surface area contributed by atoms with Gasteiger partial charge in [-0.2, -0.15) is 0 Å². The van der Waals surface area contributed by atoms with Crippen LogP contribution in [0.3, 0.4) is 0 Å². The van der Waals surface area contributed by atoms with Gasteiger partial charge >= 0.3 is 0 Å². The lowest BCUT2D eigenvalue weighted by Crippen LogP contribution is -2.30. The highest BCUT2D eigenvalue weighted by atomic mass is 79.9. The highest BCUT2D eigenvalue weighted by Crippen LogP contribution is 2.36. The van der Waals surface area contributed by atoms with E-state index in [0.29, 0.717) is 14.9 Å². The van der Waals surface area contributed by atoms with Gasteiger partial charge in [0.25, 0.3) is 5.91 Å². The molecule has 4 N–H and O–H groups in total. The summed E-state index contributed by atoms with van der Waals surface area (Å²) in [4.78, 5) is 12.6. The minimum atomic E-state index is -0.283. The molecule has 0 unspecified atom stereocenters. The fourth-order valence-electron chi connectivity index (χ4n) is 2.38. The van der Waals surface area contributed by atoms with Crippen LogP contribution in [0.15, 0.2) is 45.8 Å². The van der Waals surface area contributed by atoms with E-state index in [1.165, 1.54) is 23.4 Å². The first kappa shape index (κ1) is 17.7. The largest absolute Gasteiger partial charge is 0.507 e. The first-order valence-electron chi connectivity index (χ1n) is 7.72. The molecule has 7 heteroatoms. The van der Waals surface area contributed by atoms with Crippen LogP contribution < -0.4 is 10.6 Å². The molecule has 1 atom stereocenters. The summed E-state index contributed by atoms with van der Waals surface area (Å²) in [5, 5.41) is 25.6. The lowest BCUT2D eigenvalue weighted by atomic mass is 10.1. The number of nitrogens with one attached hydrogen (secondary N) is 2. The van der Waals surface area contributed by atoms with Gasteiger partial charge in [0.2, 0.25) is 0 Å². The molecular weight excluding hydrogens is 404 g/mol. The Morgan fingerprint density at radius 1 is 1.24 bits per heavy atom. The number of anilines is 1. The van der Waals surface area contributed by atoms with Gasteiger partial charge < -0.3 is 20.8 Å². The molecule has 2 aromatic rings. The van der Waals surface area contributed by atoms with Crippen molar-refractivity contribution >= 4 is 45.4 Å². The van der Waals surface area contributed by atoms with E-state index >= 15 is 0 Å². The Bertz CT molecular complexity index is 837. The van der Waals surface area contributed by atoms with Crippen molar-refractivity contribution in [3.05, 3.63) is 56.9 Å². The molecule has 0 aliphatic carbocycles. The van der Waals surface area contributed by atoms with Crippen LogP contribution >= 0.6 is 27.7 Å². The number of carbonyl (C=O) groups excluding carboxylic acids is 1. The van der Waals surface area contributed by atoms with Gasteiger partial charge in [-0.05, 0) is 52.2 Å². The van der Waals surface area contributed by atoms with Crippen molar-refractivity contribution < 1.29 is 15.0 Å². The summed E-state index contributed by atoms with van der Waals surface area (Å²) in [7, 11) is 0. The summed E-state index contributed by atoms with van der Waals surface area (Å²) in [5.74, 6) is -0.359. The molecule has 5 nitrogen and oxygen atoms in total. The third-order valence-corrected chi connectivity index (χ3v) is 5.44. The third-order valence-electron chi connectivity index (χ3n) is 3.77. The first-order chi connectivity index (χ1) is 12.0. The van der Waals surface area contributed by atoms with E-state index < -0.39 is 0 Å². The Morgan fingerprint density at radius 3 is 2.64 bits per heavy atom. The minimum Gasteiger partial charge on any atom is -0.507 e. The van der Waals surface area contributed by atoms with Gasteiger partial charge in [-0.3, -0.25) is 4.79 Å². The molecule has 0 spiro atoms. The number of hydrogen-bond acceptors (Lipinski definition) is 5. The van der Waals surface area contributed by atoms with Gasteiger partial charge in [0.05, 0.1) is 9.38 Å². The van der Waals surface area contributed by atoms with Gasteiger partial charge in [-0.25, -0.2) is 0 Å². The molecule has 130 valence electrons. The normalized spacial score (nSPS) is 18.4. The van der Waals surface area contributed by atoms with E-state index in [4.69, 9.17) is 0 Å². The second-order valence-corrected chi connectivity index (χ2v) is 7.54. The van der Waals surface area contributed by atoms with Crippen LogP contribution in [0.1, 0.15) is 18.1 Å². The topological polar surface area (TPSA) is 81.6 Å². The third kappa shape index (κ3) is 4.11. The SMILES string of the molecule is CCc1ccc(N[C@@H]2NC(=O)/C(=C/c3cc(Br)c(O)cc3O)S2)cc1. The highest BCUT2D eigenvalue weighted by molar-refractivity contribution is 9.10. The quantitative estimate of drug-likeness (QED) is 0.561. The Balaban J connectivity index is 1.74. The molecule has 0 radical (unpaired) electrons. The van der Waals surface area contributed by atoms with Crippen molar-refractivity contribution in [2.24, 2.45) is 0 Å². The summed E-state index contributed by atoms with van der Waals surface area (Å²) < 4.78 is 0.450. The Hall–Kier alpha value is -2.12. The molecular formula is C18H17BrN2O3S. The minimum absolute atomic E-state index is 0.0572. The zero-order valence-electron chi connectivity index (χ0n) is 13.4. The predicted octanol–water partition coefficient (Wildman–Crippen LogP) is 4.02. The maximum Gasteiger partial charge on any atom is 0.260 e. The van der Waals surface area contributed by atoms with Gasteiger partial charge in [0.1, 0.15) is 11.5 Å². The second-order valence-electron chi connectivity index (χ2n) is 5.54. The number of aryl methyl sites for hydroxylation is 1.